The normalized spacial score (nSPS) is 18.1. The summed E-state index contributed by atoms with van der Waals surface area (Å²) < 4.78 is 0. The highest BCUT2D eigenvalue weighted by atomic mass is 15.0. The lowest BCUT2D eigenvalue weighted by molar-refractivity contribution is 0.431. The number of fused-ring (bicyclic) bond motifs is 1. The van der Waals surface area contributed by atoms with Crippen molar-refractivity contribution in [3.8, 4) is 0 Å². The minimum atomic E-state index is 0.627. The molecule has 3 nitrogen and oxygen atoms in total. The first-order valence-corrected chi connectivity index (χ1v) is 6.16. The molecule has 2 aromatic heterocycles. The zero-order valence-electron chi connectivity index (χ0n) is 9.66. The average molecular weight is 215 g/mol. The molecule has 0 radical (unpaired) electrons. The van der Waals surface area contributed by atoms with Gasteiger partial charge in [-0.1, -0.05) is 19.3 Å². The van der Waals surface area contributed by atoms with Crippen molar-refractivity contribution in [2.45, 2.75) is 44.9 Å². The number of pyridine rings is 1. The summed E-state index contributed by atoms with van der Waals surface area (Å²) in [5.74, 6) is 1.78. The number of nitrogens with one attached hydrogen (secondary N) is 1. The van der Waals surface area contributed by atoms with E-state index < -0.39 is 0 Å². The minimum absolute atomic E-state index is 0.627. The fraction of sp³-hybridized carbons (Fsp3) is 0.538. The first kappa shape index (κ1) is 9.82. The van der Waals surface area contributed by atoms with Gasteiger partial charge < -0.3 is 4.98 Å². The fourth-order valence-electron chi connectivity index (χ4n) is 2.62. The maximum Gasteiger partial charge on any atom is 0.177 e. The van der Waals surface area contributed by atoms with E-state index in [1.807, 2.05) is 12.3 Å². The van der Waals surface area contributed by atoms with Crippen LogP contribution in [0.2, 0.25) is 0 Å². The molecule has 0 spiro atoms. The first-order valence-electron chi connectivity index (χ1n) is 6.16. The molecule has 0 aromatic carbocycles. The molecule has 0 saturated heterocycles. The summed E-state index contributed by atoms with van der Waals surface area (Å²) in [6, 6.07) is 2.03. The van der Waals surface area contributed by atoms with Crippen LogP contribution < -0.4 is 0 Å². The second kappa shape index (κ2) is 3.89. The molecule has 1 fully saturated rings. The van der Waals surface area contributed by atoms with Crippen molar-refractivity contribution >= 4 is 11.2 Å². The first-order chi connectivity index (χ1) is 7.84. The second-order valence-corrected chi connectivity index (χ2v) is 4.78. The summed E-state index contributed by atoms with van der Waals surface area (Å²) in [4.78, 5) is 12.4. The third-order valence-corrected chi connectivity index (χ3v) is 3.61. The number of hydrogen-bond donors (Lipinski definition) is 1. The Labute approximate surface area is 95.3 Å². The Hall–Kier alpha value is -1.38. The van der Waals surface area contributed by atoms with Crippen molar-refractivity contribution in [2.75, 3.05) is 0 Å². The number of aryl methyl sites for hydroxylation is 1. The molecule has 1 N–H and O–H groups in total. The van der Waals surface area contributed by atoms with Crippen LogP contribution >= 0.6 is 0 Å². The van der Waals surface area contributed by atoms with Gasteiger partial charge in [-0.2, -0.15) is 0 Å². The van der Waals surface area contributed by atoms with Gasteiger partial charge in [0.2, 0.25) is 0 Å². The van der Waals surface area contributed by atoms with Crippen molar-refractivity contribution < 1.29 is 0 Å². The summed E-state index contributed by atoms with van der Waals surface area (Å²) in [5, 5.41) is 0. The molecule has 3 rings (SSSR count). The van der Waals surface area contributed by atoms with E-state index in [-0.39, 0.29) is 0 Å². The summed E-state index contributed by atoms with van der Waals surface area (Å²) in [5.41, 5.74) is 3.23. The van der Waals surface area contributed by atoms with Gasteiger partial charge in [0.05, 0.1) is 5.52 Å². The van der Waals surface area contributed by atoms with Crippen LogP contribution in [-0.2, 0) is 0 Å². The Morgan fingerprint density at radius 3 is 2.81 bits per heavy atom. The van der Waals surface area contributed by atoms with Gasteiger partial charge in [-0.05, 0) is 31.4 Å². The van der Waals surface area contributed by atoms with E-state index in [0.29, 0.717) is 5.92 Å². The van der Waals surface area contributed by atoms with Gasteiger partial charge in [-0.25, -0.2) is 9.97 Å². The van der Waals surface area contributed by atoms with Crippen molar-refractivity contribution in [1.29, 1.82) is 0 Å². The second-order valence-electron chi connectivity index (χ2n) is 4.78. The van der Waals surface area contributed by atoms with Crippen LogP contribution in [0.25, 0.3) is 11.2 Å². The molecule has 1 saturated carbocycles. The topological polar surface area (TPSA) is 41.6 Å². The SMILES string of the molecule is Cc1ccnc2nc(C3CCCCC3)[nH]c12. The molecule has 2 heterocycles. The quantitative estimate of drug-likeness (QED) is 0.792. The number of imidazole rings is 1. The van der Waals surface area contributed by atoms with E-state index in [1.165, 1.54) is 37.7 Å². The van der Waals surface area contributed by atoms with E-state index in [0.717, 1.165) is 17.0 Å². The van der Waals surface area contributed by atoms with Gasteiger partial charge in [0.25, 0.3) is 0 Å². The molecular formula is C13H17N3. The highest BCUT2D eigenvalue weighted by Crippen LogP contribution is 2.31. The molecule has 1 aliphatic rings. The maximum atomic E-state index is 4.63. The molecule has 0 aliphatic heterocycles. The number of rotatable bonds is 1. The molecule has 0 unspecified atom stereocenters. The van der Waals surface area contributed by atoms with Crippen molar-refractivity contribution in [1.82, 2.24) is 15.0 Å². The van der Waals surface area contributed by atoms with Crippen LogP contribution in [0.15, 0.2) is 12.3 Å². The highest BCUT2D eigenvalue weighted by molar-refractivity contribution is 5.74. The number of hydrogen-bond acceptors (Lipinski definition) is 2. The largest absolute Gasteiger partial charge is 0.340 e. The molecule has 2 aromatic rings. The zero-order chi connectivity index (χ0) is 11.0. The lowest BCUT2D eigenvalue weighted by Crippen LogP contribution is -2.05. The summed E-state index contributed by atoms with van der Waals surface area (Å²) >= 11 is 0. The standard InChI is InChI=1S/C13H17N3/c1-9-7-8-14-13-11(9)15-12(16-13)10-5-3-2-4-6-10/h7-8,10H,2-6H2,1H3,(H,14,15,16). The van der Waals surface area contributed by atoms with E-state index >= 15 is 0 Å². The lowest BCUT2D eigenvalue weighted by atomic mass is 9.89. The third kappa shape index (κ3) is 1.60. The van der Waals surface area contributed by atoms with Crippen LogP contribution in [0.3, 0.4) is 0 Å². The molecule has 3 heteroatoms. The van der Waals surface area contributed by atoms with Crippen molar-refractivity contribution in [2.24, 2.45) is 0 Å². The van der Waals surface area contributed by atoms with Crippen LogP contribution in [0.1, 0.15) is 49.4 Å². The molecule has 16 heavy (non-hydrogen) atoms. The number of H-pyrrole nitrogens is 1. The van der Waals surface area contributed by atoms with Gasteiger partial charge in [-0.15, -0.1) is 0 Å². The zero-order valence-corrected chi connectivity index (χ0v) is 9.66. The van der Waals surface area contributed by atoms with Crippen LogP contribution in [0.4, 0.5) is 0 Å². The monoisotopic (exact) mass is 215 g/mol. The lowest BCUT2D eigenvalue weighted by Gasteiger charge is -2.18. The van der Waals surface area contributed by atoms with Crippen molar-refractivity contribution in [3.63, 3.8) is 0 Å². The molecule has 84 valence electrons. The van der Waals surface area contributed by atoms with Gasteiger partial charge in [-0.3, -0.25) is 0 Å². The van der Waals surface area contributed by atoms with Crippen LogP contribution in [0.5, 0.6) is 0 Å². The van der Waals surface area contributed by atoms with E-state index in [9.17, 15) is 0 Å². The molecule has 1 aliphatic carbocycles. The molecule has 0 atom stereocenters. The number of aromatic nitrogens is 3. The Morgan fingerprint density at radius 1 is 1.25 bits per heavy atom. The Bertz CT molecular complexity index is 495. The van der Waals surface area contributed by atoms with Gasteiger partial charge in [0.15, 0.2) is 5.65 Å². The van der Waals surface area contributed by atoms with Gasteiger partial charge in [0, 0.05) is 12.1 Å². The summed E-state index contributed by atoms with van der Waals surface area (Å²) in [6.07, 6.45) is 8.46. The average Bonchev–Trinajstić information content (AvgIpc) is 2.76. The predicted molar refractivity (Wildman–Crippen MR) is 64.5 cm³/mol. The maximum absolute atomic E-state index is 4.63. The summed E-state index contributed by atoms with van der Waals surface area (Å²) in [7, 11) is 0. The summed E-state index contributed by atoms with van der Waals surface area (Å²) in [6.45, 7) is 2.10. The molecular weight excluding hydrogens is 198 g/mol. The van der Waals surface area contributed by atoms with Gasteiger partial charge >= 0.3 is 0 Å². The number of nitrogens with zero attached hydrogens (tertiary/aromatic N) is 2. The third-order valence-electron chi connectivity index (χ3n) is 3.61. The minimum Gasteiger partial charge on any atom is -0.340 e. The Balaban J connectivity index is 2.01. The van der Waals surface area contributed by atoms with Crippen LogP contribution in [-0.4, -0.2) is 15.0 Å². The number of aromatic amines is 1. The van der Waals surface area contributed by atoms with E-state index in [1.54, 1.807) is 0 Å². The van der Waals surface area contributed by atoms with E-state index in [4.69, 9.17) is 0 Å². The Kier molecular flexibility index (Phi) is 2.39. The molecule has 0 bridgehead atoms. The Morgan fingerprint density at radius 2 is 2.06 bits per heavy atom. The molecule has 0 amide bonds. The highest BCUT2D eigenvalue weighted by Gasteiger charge is 2.19. The fourth-order valence-corrected chi connectivity index (χ4v) is 2.62. The van der Waals surface area contributed by atoms with Gasteiger partial charge in [0.1, 0.15) is 5.82 Å². The smallest absolute Gasteiger partial charge is 0.177 e. The predicted octanol–water partition coefficient (Wildman–Crippen LogP) is 3.31. The van der Waals surface area contributed by atoms with Crippen LogP contribution in [0, 0.1) is 6.92 Å². The van der Waals surface area contributed by atoms with E-state index in [2.05, 4.69) is 21.9 Å². The van der Waals surface area contributed by atoms with Crippen molar-refractivity contribution in [3.05, 3.63) is 23.7 Å².